The fourth-order valence-corrected chi connectivity index (χ4v) is 5.07. The summed E-state index contributed by atoms with van der Waals surface area (Å²) in [4.78, 5) is 16.3. The Kier molecular flexibility index (Phi) is 6.18. The van der Waals surface area contributed by atoms with E-state index in [1.165, 1.54) is 5.01 Å². The molecule has 1 aromatic carbocycles. The Morgan fingerprint density at radius 2 is 2.00 bits per heavy atom. The van der Waals surface area contributed by atoms with E-state index >= 15 is 0 Å². The Balaban J connectivity index is 1.37. The molecule has 1 amide bonds. The van der Waals surface area contributed by atoms with Gasteiger partial charge in [-0.2, -0.15) is 0 Å². The summed E-state index contributed by atoms with van der Waals surface area (Å²) in [5.41, 5.74) is 3.42. The third-order valence-corrected chi connectivity index (χ3v) is 6.85. The number of carbonyl (C=O) groups excluding carboxylic acids is 1. The number of methoxy groups -OCH3 is 1. The van der Waals surface area contributed by atoms with Crippen LogP contribution in [0.25, 0.3) is 11.3 Å². The van der Waals surface area contributed by atoms with Crippen molar-refractivity contribution in [2.75, 3.05) is 13.7 Å². The maximum absolute atomic E-state index is 13.0. The van der Waals surface area contributed by atoms with Crippen molar-refractivity contribution in [3.63, 3.8) is 0 Å². The van der Waals surface area contributed by atoms with Crippen LogP contribution in [0.4, 0.5) is 0 Å². The van der Waals surface area contributed by atoms with Crippen LogP contribution in [-0.2, 0) is 0 Å². The lowest BCUT2D eigenvalue weighted by atomic mass is 9.82. The van der Waals surface area contributed by atoms with E-state index in [-0.39, 0.29) is 5.91 Å². The minimum atomic E-state index is -0.0287. The maximum Gasteiger partial charge on any atom is 0.253 e. The molecule has 2 aromatic heterocycles. The largest absolute Gasteiger partial charge is 0.497 e. The molecular formula is C23H28N4O2S. The first kappa shape index (κ1) is 20.6. The number of carbonyl (C=O) groups is 1. The van der Waals surface area contributed by atoms with Gasteiger partial charge in [0.1, 0.15) is 15.8 Å². The number of aromatic nitrogens is 3. The second-order valence-electron chi connectivity index (χ2n) is 8.06. The average Bonchev–Trinajstić information content (AvgIpc) is 3.38. The number of rotatable bonds is 6. The van der Waals surface area contributed by atoms with E-state index in [9.17, 15) is 4.79 Å². The fourth-order valence-electron chi connectivity index (χ4n) is 4.20. The number of aromatic amines is 1. The number of hydrogen-bond donors (Lipinski definition) is 2. The van der Waals surface area contributed by atoms with Gasteiger partial charge in [-0.15, -0.1) is 21.5 Å². The van der Waals surface area contributed by atoms with Crippen molar-refractivity contribution >= 4 is 17.2 Å². The number of nitrogens with one attached hydrogen (secondary N) is 2. The summed E-state index contributed by atoms with van der Waals surface area (Å²) in [6.45, 7) is 4.68. The molecule has 0 spiro atoms. The standard InChI is InChI=1S/C23H28N4O2S/c1-14-11-20(21(25-14)18-5-4-6-19(12-18)29-3)22(28)24-13-16-7-9-17(10-8-16)23-27-26-15(2)30-23/h4-6,11-12,16-17,25H,7-10,13H2,1-3H3,(H,24,28). The van der Waals surface area contributed by atoms with Gasteiger partial charge in [0.05, 0.1) is 18.4 Å². The molecule has 7 heteroatoms. The van der Waals surface area contributed by atoms with E-state index in [1.54, 1.807) is 18.4 Å². The molecule has 1 aliphatic carbocycles. The van der Waals surface area contributed by atoms with Gasteiger partial charge in [0, 0.05) is 23.7 Å². The smallest absolute Gasteiger partial charge is 0.253 e. The van der Waals surface area contributed by atoms with Crippen LogP contribution >= 0.6 is 11.3 Å². The van der Waals surface area contributed by atoms with Gasteiger partial charge in [0.2, 0.25) is 0 Å². The number of hydrogen-bond acceptors (Lipinski definition) is 5. The molecule has 158 valence electrons. The topological polar surface area (TPSA) is 79.9 Å². The highest BCUT2D eigenvalue weighted by Crippen LogP contribution is 2.36. The Morgan fingerprint density at radius 3 is 2.70 bits per heavy atom. The normalized spacial score (nSPS) is 18.9. The van der Waals surface area contributed by atoms with E-state index in [0.717, 1.165) is 53.4 Å². The molecule has 6 nitrogen and oxygen atoms in total. The van der Waals surface area contributed by atoms with Gasteiger partial charge in [0.25, 0.3) is 5.91 Å². The van der Waals surface area contributed by atoms with Crippen LogP contribution < -0.4 is 10.1 Å². The molecule has 0 radical (unpaired) electrons. The van der Waals surface area contributed by atoms with E-state index in [0.29, 0.717) is 23.9 Å². The fraction of sp³-hybridized carbons (Fsp3) is 0.435. The van der Waals surface area contributed by atoms with Crippen molar-refractivity contribution < 1.29 is 9.53 Å². The maximum atomic E-state index is 13.0. The monoisotopic (exact) mass is 424 g/mol. The molecule has 0 bridgehead atoms. The Hall–Kier alpha value is -2.67. The molecule has 30 heavy (non-hydrogen) atoms. The van der Waals surface area contributed by atoms with E-state index in [1.807, 2.05) is 44.2 Å². The molecule has 1 saturated carbocycles. The molecule has 4 rings (SSSR count). The van der Waals surface area contributed by atoms with Gasteiger partial charge in [-0.05, 0) is 63.6 Å². The summed E-state index contributed by atoms with van der Waals surface area (Å²) >= 11 is 1.71. The number of amides is 1. The SMILES string of the molecule is COc1cccc(-c2[nH]c(C)cc2C(=O)NCC2CCC(c3nnc(C)s3)CC2)c1. The number of benzene rings is 1. The van der Waals surface area contributed by atoms with Crippen molar-refractivity contribution in [2.45, 2.75) is 45.4 Å². The van der Waals surface area contributed by atoms with Crippen molar-refractivity contribution in [3.05, 3.63) is 51.6 Å². The molecule has 2 N–H and O–H groups in total. The lowest BCUT2D eigenvalue weighted by Gasteiger charge is -2.27. The van der Waals surface area contributed by atoms with E-state index in [2.05, 4.69) is 20.5 Å². The minimum Gasteiger partial charge on any atom is -0.497 e. The van der Waals surface area contributed by atoms with Crippen LogP contribution in [0.5, 0.6) is 5.75 Å². The van der Waals surface area contributed by atoms with Gasteiger partial charge < -0.3 is 15.0 Å². The van der Waals surface area contributed by atoms with Gasteiger partial charge in [-0.1, -0.05) is 12.1 Å². The molecule has 0 atom stereocenters. The lowest BCUT2D eigenvalue weighted by Crippen LogP contribution is -2.31. The summed E-state index contributed by atoms with van der Waals surface area (Å²) < 4.78 is 5.33. The molecule has 0 aliphatic heterocycles. The van der Waals surface area contributed by atoms with Crippen LogP contribution in [0.3, 0.4) is 0 Å². The summed E-state index contributed by atoms with van der Waals surface area (Å²) in [5, 5.41) is 13.8. The van der Waals surface area contributed by atoms with Crippen molar-refractivity contribution in [1.82, 2.24) is 20.5 Å². The van der Waals surface area contributed by atoms with Crippen LogP contribution in [0.2, 0.25) is 0 Å². The predicted molar refractivity (Wildman–Crippen MR) is 119 cm³/mol. The van der Waals surface area contributed by atoms with Crippen molar-refractivity contribution in [3.8, 4) is 17.0 Å². The summed E-state index contributed by atoms with van der Waals surface area (Å²) in [6, 6.07) is 9.68. The van der Waals surface area contributed by atoms with E-state index < -0.39 is 0 Å². The Labute approximate surface area is 181 Å². The van der Waals surface area contributed by atoms with Crippen molar-refractivity contribution in [2.24, 2.45) is 5.92 Å². The first-order valence-electron chi connectivity index (χ1n) is 10.5. The second kappa shape index (κ2) is 9.00. The van der Waals surface area contributed by atoms with Gasteiger partial charge in [-0.25, -0.2) is 0 Å². The second-order valence-corrected chi connectivity index (χ2v) is 9.27. The van der Waals surface area contributed by atoms with Crippen LogP contribution in [0.1, 0.15) is 57.7 Å². The Morgan fingerprint density at radius 1 is 1.20 bits per heavy atom. The molecule has 0 unspecified atom stereocenters. The number of ether oxygens (including phenoxy) is 1. The summed E-state index contributed by atoms with van der Waals surface area (Å²) in [5.74, 6) is 1.78. The lowest BCUT2D eigenvalue weighted by molar-refractivity contribution is 0.0943. The average molecular weight is 425 g/mol. The zero-order valence-corrected chi connectivity index (χ0v) is 18.5. The highest BCUT2D eigenvalue weighted by Gasteiger charge is 2.25. The molecule has 2 heterocycles. The van der Waals surface area contributed by atoms with Gasteiger partial charge >= 0.3 is 0 Å². The highest BCUT2D eigenvalue weighted by atomic mass is 32.1. The van der Waals surface area contributed by atoms with Crippen LogP contribution in [-0.4, -0.2) is 34.7 Å². The number of aryl methyl sites for hydroxylation is 2. The van der Waals surface area contributed by atoms with Crippen LogP contribution in [0, 0.1) is 19.8 Å². The van der Waals surface area contributed by atoms with E-state index in [4.69, 9.17) is 4.74 Å². The molecule has 3 aromatic rings. The molecule has 1 fully saturated rings. The quantitative estimate of drug-likeness (QED) is 0.592. The van der Waals surface area contributed by atoms with Crippen LogP contribution in [0.15, 0.2) is 30.3 Å². The Bertz CT molecular complexity index is 1020. The number of H-pyrrole nitrogens is 1. The molecular weight excluding hydrogens is 396 g/mol. The predicted octanol–water partition coefficient (Wildman–Crippen LogP) is 4.86. The summed E-state index contributed by atoms with van der Waals surface area (Å²) in [7, 11) is 1.65. The van der Waals surface area contributed by atoms with Gasteiger partial charge in [0.15, 0.2) is 0 Å². The first-order chi connectivity index (χ1) is 14.5. The third kappa shape index (κ3) is 4.56. The molecule has 1 aliphatic rings. The molecule has 0 saturated heterocycles. The minimum absolute atomic E-state index is 0.0287. The van der Waals surface area contributed by atoms with Gasteiger partial charge in [-0.3, -0.25) is 4.79 Å². The number of nitrogens with zero attached hydrogens (tertiary/aromatic N) is 2. The summed E-state index contributed by atoms with van der Waals surface area (Å²) in [6.07, 6.45) is 4.46. The zero-order valence-electron chi connectivity index (χ0n) is 17.7. The zero-order chi connectivity index (χ0) is 21.1. The highest BCUT2D eigenvalue weighted by molar-refractivity contribution is 7.11. The first-order valence-corrected chi connectivity index (χ1v) is 11.3. The third-order valence-electron chi connectivity index (χ3n) is 5.84. The van der Waals surface area contributed by atoms with Crippen molar-refractivity contribution in [1.29, 1.82) is 0 Å².